The Kier molecular flexibility index (Phi) is 2.93. The van der Waals surface area contributed by atoms with Crippen LogP contribution in [0.2, 0.25) is 0 Å². The maximum atomic E-state index is 13.7. The number of nitrogens with zero attached hydrogens (tertiary/aromatic N) is 3. The molecule has 0 saturated heterocycles. The Balaban J connectivity index is 1.94. The van der Waals surface area contributed by atoms with E-state index in [4.69, 9.17) is 0 Å². The van der Waals surface area contributed by atoms with Crippen molar-refractivity contribution in [2.75, 3.05) is 5.32 Å². The van der Waals surface area contributed by atoms with Crippen LogP contribution in [0.3, 0.4) is 0 Å². The van der Waals surface area contributed by atoms with Crippen molar-refractivity contribution < 1.29 is 18.0 Å². The molecule has 5 nitrogen and oxygen atoms in total. The molecule has 104 valence electrons. The van der Waals surface area contributed by atoms with Gasteiger partial charge >= 0.3 is 0 Å². The molecule has 0 spiro atoms. The summed E-state index contributed by atoms with van der Waals surface area (Å²) in [5, 5.41) is 2.47. The number of aromatic nitrogens is 3. The standard InChI is InChI=1S/C11H7F3N4OS/c12-8-7(9(19)18-10-16-4-17-20-10)5(1-2-15-8)6-3-11(6,13)14/h1-2,4,6H,3H2,(H,16,17,18,19). The first-order valence-corrected chi connectivity index (χ1v) is 6.36. The van der Waals surface area contributed by atoms with Gasteiger partial charge in [0.15, 0.2) is 0 Å². The zero-order chi connectivity index (χ0) is 14.3. The summed E-state index contributed by atoms with van der Waals surface area (Å²) < 4.78 is 43.7. The summed E-state index contributed by atoms with van der Waals surface area (Å²) in [6.07, 6.45) is 1.90. The van der Waals surface area contributed by atoms with Crippen LogP contribution in [0.5, 0.6) is 0 Å². The first kappa shape index (κ1) is 13.0. The van der Waals surface area contributed by atoms with Gasteiger partial charge in [0.1, 0.15) is 6.33 Å². The maximum Gasteiger partial charge on any atom is 0.262 e. The molecule has 1 aliphatic rings. The van der Waals surface area contributed by atoms with E-state index in [1.165, 1.54) is 12.4 Å². The first-order valence-electron chi connectivity index (χ1n) is 5.59. The van der Waals surface area contributed by atoms with Crippen molar-refractivity contribution in [3.63, 3.8) is 0 Å². The number of rotatable bonds is 3. The zero-order valence-electron chi connectivity index (χ0n) is 9.81. The summed E-state index contributed by atoms with van der Waals surface area (Å²) in [6.45, 7) is 0. The lowest BCUT2D eigenvalue weighted by Gasteiger charge is -2.08. The fourth-order valence-electron chi connectivity index (χ4n) is 1.90. The smallest absolute Gasteiger partial charge is 0.262 e. The van der Waals surface area contributed by atoms with E-state index in [0.717, 1.165) is 17.7 Å². The van der Waals surface area contributed by atoms with Crippen LogP contribution in [0.25, 0.3) is 0 Å². The molecule has 1 fully saturated rings. The lowest BCUT2D eigenvalue weighted by molar-refractivity contribution is 0.101. The summed E-state index contributed by atoms with van der Waals surface area (Å²) in [6, 6.07) is 1.24. The normalized spacial score (nSPS) is 19.6. The van der Waals surface area contributed by atoms with Crippen LogP contribution in [0.1, 0.15) is 28.3 Å². The average Bonchev–Trinajstić information content (AvgIpc) is 2.79. The van der Waals surface area contributed by atoms with E-state index in [0.29, 0.717) is 0 Å². The van der Waals surface area contributed by atoms with Gasteiger partial charge in [-0.15, -0.1) is 0 Å². The fourth-order valence-corrected chi connectivity index (χ4v) is 2.33. The SMILES string of the molecule is O=C(Nc1ncns1)c1c(C2CC2(F)F)ccnc1F. The quantitative estimate of drug-likeness (QED) is 0.884. The maximum absolute atomic E-state index is 13.7. The van der Waals surface area contributed by atoms with Gasteiger partial charge in [0.05, 0.1) is 11.5 Å². The number of nitrogens with one attached hydrogen (secondary N) is 1. The third-order valence-electron chi connectivity index (χ3n) is 2.95. The van der Waals surface area contributed by atoms with Gasteiger partial charge in [-0.3, -0.25) is 10.1 Å². The molecule has 1 atom stereocenters. The largest absolute Gasteiger partial charge is 0.296 e. The highest BCUT2D eigenvalue weighted by atomic mass is 32.1. The van der Waals surface area contributed by atoms with Crippen LogP contribution in [0, 0.1) is 5.95 Å². The second-order valence-electron chi connectivity index (χ2n) is 4.28. The molecule has 2 heterocycles. The van der Waals surface area contributed by atoms with Crippen molar-refractivity contribution >= 4 is 22.6 Å². The molecule has 2 aromatic rings. The highest BCUT2D eigenvalue weighted by Crippen LogP contribution is 2.56. The molecular weight excluding hydrogens is 293 g/mol. The molecular formula is C11H7F3N4OS. The summed E-state index contributed by atoms with van der Waals surface area (Å²) in [7, 11) is 0. The molecule has 9 heteroatoms. The van der Waals surface area contributed by atoms with Gasteiger partial charge < -0.3 is 0 Å². The molecule has 1 saturated carbocycles. The molecule has 2 aromatic heterocycles. The summed E-state index contributed by atoms with van der Waals surface area (Å²) in [5.41, 5.74) is -0.505. The second kappa shape index (κ2) is 4.51. The first-order chi connectivity index (χ1) is 9.49. The topological polar surface area (TPSA) is 67.8 Å². The van der Waals surface area contributed by atoms with Gasteiger partial charge in [0, 0.05) is 24.2 Å². The molecule has 3 rings (SSSR count). The minimum absolute atomic E-state index is 0.0375. The molecule has 0 radical (unpaired) electrons. The molecule has 1 aliphatic carbocycles. The number of alkyl halides is 2. The van der Waals surface area contributed by atoms with Crippen LogP contribution in [0.4, 0.5) is 18.3 Å². The van der Waals surface area contributed by atoms with Gasteiger partial charge in [-0.1, -0.05) is 0 Å². The van der Waals surface area contributed by atoms with Crippen molar-refractivity contribution in [3.05, 3.63) is 35.7 Å². The number of amides is 1. The minimum atomic E-state index is -2.90. The average molecular weight is 300 g/mol. The lowest BCUT2D eigenvalue weighted by Crippen LogP contribution is -2.17. The van der Waals surface area contributed by atoms with Crippen LogP contribution in [0.15, 0.2) is 18.6 Å². The highest BCUT2D eigenvalue weighted by Gasteiger charge is 2.58. The third kappa shape index (κ3) is 2.24. The second-order valence-corrected chi connectivity index (χ2v) is 5.06. The van der Waals surface area contributed by atoms with Gasteiger partial charge in [-0.2, -0.15) is 8.76 Å². The Hall–Kier alpha value is -2.03. The molecule has 1 unspecified atom stereocenters. The molecule has 1 amide bonds. The summed E-state index contributed by atoms with van der Waals surface area (Å²) in [4.78, 5) is 19.1. The Morgan fingerprint density at radius 3 is 2.80 bits per heavy atom. The molecule has 0 aliphatic heterocycles. The number of hydrogen-bond acceptors (Lipinski definition) is 5. The van der Waals surface area contributed by atoms with E-state index in [2.05, 4.69) is 19.7 Å². The lowest BCUT2D eigenvalue weighted by atomic mass is 10.0. The molecule has 0 aromatic carbocycles. The van der Waals surface area contributed by atoms with Crippen LogP contribution < -0.4 is 5.32 Å². The number of anilines is 1. The third-order valence-corrected chi connectivity index (χ3v) is 3.53. The summed E-state index contributed by atoms with van der Waals surface area (Å²) in [5.74, 6) is -5.97. The van der Waals surface area contributed by atoms with Crippen LogP contribution in [-0.4, -0.2) is 26.2 Å². The Bertz CT molecular complexity index is 662. The van der Waals surface area contributed by atoms with Crippen LogP contribution in [-0.2, 0) is 0 Å². The monoisotopic (exact) mass is 300 g/mol. The van der Waals surface area contributed by atoms with E-state index < -0.39 is 35.7 Å². The fraction of sp³-hybridized carbons (Fsp3) is 0.273. The number of carbonyl (C=O) groups is 1. The van der Waals surface area contributed by atoms with Crippen molar-refractivity contribution in [2.24, 2.45) is 0 Å². The Morgan fingerprint density at radius 2 is 2.20 bits per heavy atom. The van der Waals surface area contributed by atoms with E-state index >= 15 is 0 Å². The molecule has 1 N–H and O–H groups in total. The Morgan fingerprint density at radius 1 is 1.45 bits per heavy atom. The van der Waals surface area contributed by atoms with Crippen molar-refractivity contribution in [1.29, 1.82) is 0 Å². The van der Waals surface area contributed by atoms with Gasteiger partial charge in [0.2, 0.25) is 11.1 Å². The van der Waals surface area contributed by atoms with E-state index in [1.54, 1.807) is 0 Å². The number of carbonyl (C=O) groups excluding carboxylic acids is 1. The van der Waals surface area contributed by atoms with E-state index in [9.17, 15) is 18.0 Å². The van der Waals surface area contributed by atoms with E-state index in [1.807, 2.05) is 0 Å². The van der Waals surface area contributed by atoms with Crippen molar-refractivity contribution in [3.8, 4) is 0 Å². The molecule has 0 bridgehead atoms. The van der Waals surface area contributed by atoms with Crippen molar-refractivity contribution in [1.82, 2.24) is 14.3 Å². The summed E-state index contributed by atoms with van der Waals surface area (Å²) >= 11 is 0.897. The predicted molar refractivity (Wildman–Crippen MR) is 64.4 cm³/mol. The predicted octanol–water partition coefficient (Wildman–Crippen LogP) is 2.45. The number of hydrogen-bond donors (Lipinski definition) is 1. The minimum Gasteiger partial charge on any atom is -0.296 e. The highest BCUT2D eigenvalue weighted by molar-refractivity contribution is 7.09. The van der Waals surface area contributed by atoms with Gasteiger partial charge in [-0.05, 0) is 11.6 Å². The number of pyridine rings is 1. The zero-order valence-corrected chi connectivity index (χ0v) is 10.6. The Labute approximate surface area is 115 Å². The van der Waals surface area contributed by atoms with Gasteiger partial charge in [-0.25, -0.2) is 18.7 Å². The number of halogens is 3. The van der Waals surface area contributed by atoms with E-state index in [-0.39, 0.29) is 10.7 Å². The molecule has 20 heavy (non-hydrogen) atoms. The van der Waals surface area contributed by atoms with Crippen LogP contribution >= 0.6 is 11.5 Å². The van der Waals surface area contributed by atoms with Crippen molar-refractivity contribution in [2.45, 2.75) is 18.3 Å². The van der Waals surface area contributed by atoms with Gasteiger partial charge in [0.25, 0.3) is 11.8 Å².